The molecule has 14 heteroatoms. The van der Waals surface area contributed by atoms with E-state index in [1.54, 1.807) is 0 Å². The second kappa shape index (κ2) is 15.7. The van der Waals surface area contributed by atoms with Crippen LogP contribution in [0.5, 0.6) is 11.5 Å². The van der Waals surface area contributed by atoms with E-state index in [1.165, 1.54) is 41.7 Å². The summed E-state index contributed by atoms with van der Waals surface area (Å²) in [5.41, 5.74) is -0.724. The molecule has 1 aromatic heterocycles. The topological polar surface area (TPSA) is 67.0 Å². The average molecular weight is 770 g/mol. The minimum absolute atomic E-state index is 0.00414. The van der Waals surface area contributed by atoms with Gasteiger partial charge in [0.15, 0.2) is 6.29 Å². The molecular weight excluding hydrogens is 731 g/mol. The summed E-state index contributed by atoms with van der Waals surface area (Å²) in [6.45, 7) is 2.76. The zero-order valence-electron chi connectivity index (χ0n) is 29.7. The van der Waals surface area contributed by atoms with Gasteiger partial charge in [0, 0.05) is 23.6 Å². The molecule has 1 N–H and O–H groups in total. The third kappa shape index (κ3) is 8.82. The quantitative estimate of drug-likeness (QED) is 0.151. The Morgan fingerprint density at radius 1 is 0.855 bits per heavy atom. The molecule has 5 aromatic rings. The number of likely N-dealkylation sites (tertiary alicyclic amines) is 1. The Morgan fingerprint density at radius 3 is 2.18 bits per heavy atom. The molecule has 1 unspecified atom stereocenters. The predicted molar refractivity (Wildman–Crippen MR) is 190 cm³/mol. The number of halogens is 7. The lowest BCUT2D eigenvalue weighted by Crippen LogP contribution is -2.52. The van der Waals surface area contributed by atoms with Gasteiger partial charge in [-0.1, -0.05) is 30.3 Å². The van der Waals surface area contributed by atoms with Crippen molar-refractivity contribution in [3.05, 3.63) is 131 Å². The van der Waals surface area contributed by atoms with Crippen molar-refractivity contribution < 1.29 is 49.7 Å². The van der Waals surface area contributed by atoms with Crippen molar-refractivity contribution in [1.29, 1.82) is 0 Å². The van der Waals surface area contributed by atoms with Crippen molar-refractivity contribution in [2.45, 2.75) is 56.5 Å². The molecule has 0 radical (unpaired) electrons. The highest BCUT2D eigenvalue weighted by molar-refractivity contribution is 5.85. The Bertz CT molecular complexity index is 2060. The van der Waals surface area contributed by atoms with Crippen molar-refractivity contribution in [3.8, 4) is 11.5 Å². The van der Waals surface area contributed by atoms with Gasteiger partial charge in [0.1, 0.15) is 23.4 Å². The Hall–Kier alpha value is -4.92. The van der Waals surface area contributed by atoms with E-state index in [1.807, 2.05) is 54.7 Å². The summed E-state index contributed by atoms with van der Waals surface area (Å²) in [4.78, 5) is 21.0. The number of carbonyl (C=O) groups is 1. The number of hydrogen-bond acceptors (Lipinski definition) is 5. The molecule has 0 spiro atoms. The number of rotatable bonds is 9. The predicted octanol–water partition coefficient (Wildman–Crippen LogP) is 10.0. The van der Waals surface area contributed by atoms with Crippen molar-refractivity contribution in [2.24, 2.45) is 0 Å². The summed E-state index contributed by atoms with van der Waals surface area (Å²) in [7, 11) is 0. The number of alkyl halides is 6. The smallest absolute Gasteiger partial charge is 0.416 e. The highest BCUT2D eigenvalue weighted by Crippen LogP contribution is 2.40. The summed E-state index contributed by atoms with van der Waals surface area (Å²) in [6, 6.07) is 21.0. The fourth-order valence-electron chi connectivity index (χ4n) is 7.36. The Morgan fingerprint density at radius 2 is 1.53 bits per heavy atom. The first kappa shape index (κ1) is 38.4. The molecule has 0 aliphatic carbocycles. The van der Waals surface area contributed by atoms with E-state index in [2.05, 4.69) is 9.88 Å². The number of aromatic nitrogens is 1. The number of carbonyl (C=O) groups excluding carboxylic acids is 1. The Labute approximate surface area is 312 Å². The van der Waals surface area contributed by atoms with E-state index < -0.39 is 47.7 Å². The van der Waals surface area contributed by atoms with Crippen LogP contribution < -0.4 is 4.74 Å². The SMILES string of the molecule is CC(O[C@H]1OCCN(C(=O)CN2CCC(c3c[nH]c4ccc(Oc5ccccc5)cc34)CC2)[C@H]1c1ccc(F)cc1)c1cc(C(F)(F)F)cc(C(F)(F)F)c1. The fraction of sp³-hybridized carbons (Fsp3) is 0.341. The molecule has 290 valence electrons. The summed E-state index contributed by atoms with van der Waals surface area (Å²) in [5.74, 6) is 0.884. The van der Waals surface area contributed by atoms with Crippen LogP contribution in [-0.4, -0.2) is 59.8 Å². The standard InChI is InChI=1S/C41H38F7N3O4/c1-25(28-19-29(40(43,44)45)21-30(20-28)41(46,47)48)54-39-38(27-7-9-31(42)10-8-27)51(17-18-53-39)37(52)24-50-15-13-26(14-16-50)35-23-49-36-12-11-33(22-34(35)36)55-32-5-3-2-4-6-32/h2-12,19-23,25-26,38-39,49H,13-18,24H2,1H3/t25?,38-,39+/m0/s1. The molecule has 1 amide bonds. The number of amides is 1. The zero-order valence-corrected chi connectivity index (χ0v) is 29.7. The summed E-state index contributed by atoms with van der Waals surface area (Å²) < 4.78 is 114. The Kier molecular flexibility index (Phi) is 10.9. The minimum atomic E-state index is -5.04. The lowest BCUT2D eigenvalue weighted by atomic mass is 9.89. The van der Waals surface area contributed by atoms with Gasteiger partial charge in [0.25, 0.3) is 0 Å². The van der Waals surface area contributed by atoms with Crippen LogP contribution in [-0.2, 0) is 26.6 Å². The summed E-state index contributed by atoms with van der Waals surface area (Å²) in [5, 5.41) is 1.07. The highest BCUT2D eigenvalue weighted by atomic mass is 19.4. The van der Waals surface area contributed by atoms with Crippen molar-refractivity contribution in [2.75, 3.05) is 32.8 Å². The van der Waals surface area contributed by atoms with Gasteiger partial charge in [-0.3, -0.25) is 9.69 Å². The molecule has 0 saturated carbocycles. The number of aromatic amines is 1. The van der Waals surface area contributed by atoms with Crippen LogP contribution in [0.3, 0.4) is 0 Å². The number of morpholine rings is 1. The van der Waals surface area contributed by atoms with E-state index in [4.69, 9.17) is 14.2 Å². The molecule has 3 heterocycles. The largest absolute Gasteiger partial charge is 0.457 e. The first-order valence-corrected chi connectivity index (χ1v) is 17.9. The summed E-state index contributed by atoms with van der Waals surface area (Å²) in [6.07, 6.45) is -9.08. The highest BCUT2D eigenvalue weighted by Gasteiger charge is 2.41. The second-order valence-corrected chi connectivity index (χ2v) is 13.9. The third-order valence-corrected chi connectivity index (χ3v) is 10.2. The van der Waals surface area contributed by atoms with Crippen LogP contribution in [0.4, 0.5) is 30.7 Å². The second-order valence-electron chi connectivity index (χ2n) is 13.9. The number of H-pyrrole nitrogens is 1. The van der Waals surface area contributed by atoms with E-state index >= 15 is 0 Å². The molecule has 2 fully saturated rings. The lowest BCUT2D eigenvalue weighted by Gasteiger charge is -2.43. The number of nitrogens with one attached hydrogen (secondary N) is 1. The van der Waals surface area contributed by atoms with Gasteiger partial charge in [0.2, 0.25) is 5.91 Å². The number of nitrogens with zero attached hydrogens (tertiary/aromatic N) is 2. The lowest BCUT2D eigenvalue weighted by molar-refractivity contribution is -0.229. The van der Waals surface area contributed by atoms with Gasteiger partial charge in [-0.15, -0.1) is 0 Å². The molecule has 7 rings (SSSR count). The molecule has 2 saturated heterocycles. The molecule has 7 nitrogen and oxygen atoms in total. The molecule has 55 heavy (non-hydrogen) atoms. The van der Waals surface area contributed by atoms with Crippen molar-refractivity contribution in [1.82, 2.24) is 14.8 Å². The molecule has 3 atom stereocenters. The maximum absolute atomic E-state index is 14.0. The molecule has 4 aromatic carbocycles. The van der Waals surface area contributed by atoms with Gasteiger partial charge in [-0.25, -0.2) is 4.39 Å². The molecule has 2 aliphatic rings. The molecule has 0 bridgehead atoms. The van der Waals surface area contributed by atoms with Crippen LogP contribution in [0.25, 0.3) is 10.9 Å². The van der Waals surface area contributed by atoms with Crippen molar-refractivity contribution >= 4 is 16.8 Å². The van der Waals surface area contributed by atoms with Gasteiger partial charge in [-0.05, 0) is 116 Å². The maximum atomic E-state index is 14.0. The van der Waals surface area contributed by atoms with Crippen LogP contribution in [0.15, 0.2) is 97.2 Å². The average Bonchev–Trinajstić information content (AvgIpc) is 3.58. The van der Waals surface area contributed by atoms with Crippen LogP contribution in [0, 0.1) is 5.82 Å². The summed E-state index contributed by atoms with van der Waals surface area (Å²) >= 11 is 0. The van der Waals surface area contributed by atoms with E-state index in [-0.39, 0.29) is 43.2 Å². The molecule has 2 aliphatic heterocycles. The third-order valence-electron chi connectivity index (χ3n) is 10.2. The van der Waals surface area contributed by atoms with Crippen LogP contribution >= 0.6 is 0 Å². The first-order valence-electron chi connectivity index (χ1n) is 17.9. The van der Waals surface area contributed by atoms with Crippen LogP contribution in [0.1, 0.15) is 65.6 Å². The van der Waals surface area contributed by atoms with Crippen molar-refractivity contribution in [3.63, 3.8) is 0 Å². The van der Waals surface area contributed by atoms with E-state index in [9.17, 15) is 35.5 Å². The van der Waals surface area contributed by atoms with Gasteiger partial charge >= 0.3 is 12.4 Å². The number of benzene rings is 4. The van der Waals surface area contributed by atoms with Crippen LogP contribution in [0.2, 0.25) is 0 Å². The Balaban J connectivity index is 1.05. The monoisotopic (exact) mass is 769 g/mol. The number of fused-ring (bicyclic) bond motifs is 1. The first-order chi connectivity index (χ1) is 26.2. The zero-order chi connectivity index (χ0) is 38.9. The molecular formula is C41H38F7N3O4. The van der Waals surface area contributed by atoms with Gasteiger partial charge < -0.3 is 24.1 Å². The van der Waals surface area contributed by atoms with E-state index in [0.717, 1.165) is 35.2 Å². The fourth-order valence-corrected chi connectivity index (χ4v) is 7.36. The number of hydrogen-bond donors (Lipinski definition) is 1. The normalized spacial score (nSPS) is 19.5. The number of para-hydroxylation sites is 1. The minimum Gasteiger partial charge on any atom is -0.457 e. The van der Waals surface area contributed by atoms with Gasteiger partial charge in [0.05, 0.1) is 30.4 Å². The number of piperidine rings is 1. The maximum Gasteiger partial charge on any atom is 0.416 e. The van der Waals surface area contributed by atoms with Gasteiger partial charge in [-0.2, -0.15) is 26.3 Å². The number of ether oxygens (including phenoxy) is 3. The van der Waals surface area contributed by atoms with E-state index in [0.29, 0.717) is 30.8 Å².